The van der Waals surface area contributed by atoms with Gasteiger partial charge in [-0.1, -0.05) is 0 Å². The second-order valence-electron chi connectivity index (χ2n) is 2.54. The molecule has 0 aromatic carbocycles. The quantitative estimate of drug-likeness (QED) is 0.647. The van der Waals surface area contributed by atoms with E-state index in [0.29, 0.717) is 13.1 Å². The second-order valence-corrected chi connectivity index (χ2v) is 2.91. The molecule has 0 aliphatic heterocycles. The molecule has 0 saturated heterocycles. The van der Waals surface area contributed by atoms with E-state index in [4.69, 9.17) is 23.7 Å². The van der Waals surface area contributed by atoms with Crippen molar-refractivity contribution in [2.45, 2.75) is 13.1 Å². The lowest BCUT2D eigenvalue weighted by atomic mass is 10.6. The van der Waals surface area contributed by atoms with Crippen molar-refractivity contribution >= 4 is 12.2 Å². The van der Waals surface area contributed by atoms with E-state index >= 15 is 0 Å². The van der Waals surface area contributed by atoms with Gasteiger partial charge in [0.2, 0.25) is 0 Å². The largest absolute Gasteiger partial charge is 0.329 e. The van der Waals surface area contributed by atoms with Gasteiger partial charge in [-0.2, -0.15) is 0 Å². The summed E-state index contributed by atoms with van der Waals surface area (Å²) in [4.78, 5) is 0. The number of rotatable bonds is 4. The molecule has 0 fully saturated rings. The van der Waals surface area contributed by atoms with Crippen LogP contribution in [0.2, 0.25) is 0 Å². The molecule has 0 spiro atoms. The molecule has 5 heteroatoms. The number of hydrogen-bond acceptors (Lipinski definition) is 3. The molecule has 0 radical (unpaired) electrons. The minimum absolute atomic E-state index is 0.612. The van der Waals surface area contributed by atoms with Gasteiger partial charge >= 0.3 is 0 Å². The van der Waals surface area contributed by atoms with E-state index in [9.17, 15) is 0 Å². The van der Waals surface area contributed by atoms with Gasteiger partial charge in [-0.25, -0.2) is 0 Å². The molecule has 4 nitrogen and oxygen atoms in total. The molecule has 0 amide bonds. The summed E-state index contributed by atoms with van der Waals surface area (Å²) in [5.41, 5.74) is 10.8. The lowest BCUT2D eigenvalue weighted by Crippen LogP contribution is -2.12. The van der Waals surface area contributed by atoms with Crippen LogP contribution in [0, 0.1) is 4.77 Å². The van der Waals surface area contributed by atoms with Gasteiger partial charge in [0.05, 0.1) is 0 Å². The predicted molar refractivity (Wildman–Crippen MR) is 51.4 cm³/mol. The maximum Gasteiger partial charge on any atom is 0.179 e. The summed E-state index contributed by atoms with van der Waals surface area (Å²) in [5.74, 6) is 0. The van der Waals surface area contributed by atoms with Crippen LogP contribution in [0.15, 0.2) is 12.4 Å². The molecule has 1 aromatic heterocycles. The fourth-order valence-electron chi connectivity index (χ4n) is 1.07. The van der Waals surface area contributed by atoms with Crippen molar-refractivity contribution < 1.29 is 0 Å². The van der Waals surface area contributed by atoms with Crippen molar-refractivity contribution in [3.63, 3.8) is 0 Å². The van der Waals surface area contributed by atoms with Crippen LogP contribution in [-0.2, 0) is 13.1 Å². The highest BCUT2D eigenvalue weighted by Crippen LogP contribution is 1.96. The SMILES string of the molecule is NCCn1ccn(CCN)c1=S. The van der Waals surface area contributed by atoms with Crippen LogP contribution in [-0.4, -0.2) is 22.2 Å². The van der Waals surface area contributed by atoms with E-state index in [1.54, 1.807) is 0 Å². The first kappa shape index (κ1) is 9.44. The maximum atomic E-state index is 5.41. The lowest BCUT2D eigenvalue weighted by Gasteiger charge is -2.00. The van der Waals surface area contributed by atoms with Crippen LogP contribution < -0.4 is 11.5 Å². The monoisotopic (exact) mass is 186 g/mol. The smallest absolute Gasteiger partial charge is 0.179 e. The van der Waals surface area contributed by atoms with Crippen LogP contribution in [0.1, 0.15) is 0 Å². The fourth-order valence-corrected chi connectivity index (χ4v) is 1.38. The number of nitrogens with two attached hydrogens (primary N) is 2. The summed E-state index contributed by atoms with van der Waals surface area (Å²) in [6, 6.07) is 0. The van der Waals surface area contributed by atoms with Crippen molar-refractivity contribution in [1.82, 2.24) is 9.13 Å². The Morgan fingerprint density at radius 2 is 1.50 bits per heavy atom. The summed E-state index contributed by atoms with van der Waals surface area (Å²) in [5, 5.41) is 0. The Labute approximate surface area is 76.8 Å². The zero-order chi connectivity index (χ0) is 8.97. The Morgan fingerprint density at radius 3 is 1.83 bits per heavy atom. The van der Waals surface area contributed by atoms with Crippen molar-refractivity contribution in [1.29, 1.82) is 0 Å². The zero-order valence-corrected chi connectivity index (χ0v) is 7.76. The van der Waals surface area contributed by atoms with E-state index in [2.05, 4.69) is 0 Å². The minimum atomic E-state index is 0.612. The molecule has 4 N–H and O–H groups in total. The van der Waals surface area contributed by atoms with Crippen LogP contribution in [0.4, 0.5) is 0 Å². The van der Waals surface area contributed by atoms with Gasteiger partial charge < -0.3 is 20.6 Å². The number of imidazole rings is 1. The van der Waals surface area contributed by atoms with E-state index in [0.717, 1.165) is 17.9 Å². The Balaban J connectivity index is 2.81. The van der Waals surface area contributed by atoms with Gasteiger partial charge in [-0.05, 0) is 12.2 Å². The third-order valence-corrected chi connectivity index (χ3v) is 2.13. The fraction of sp³-hybridized carbons (Fsp3) is 0.571. The third kappa shape index (κ3) is 1.94. The average Bonchev–Trinajstić information content (AvgIpc) is 2.38. The molecule has 0 aliphatic rings. The molecule has 0 atom stereocenters. The summed E-state index contributed by atoms with van der Waals surface area (Å²) < 4.78 is 4.70. The van der Waals surface area contributed by atoms with Crippen LogP contribution in [0.25, 0.3) is 0 Å². The molecule has 0 bridgehead atoms. The highest BCUT2D eigenvalue weighted by Gasteiger charge is 1.96. The van der Waals surface area contributed by atoms with E-state index in [1.807, 2.05) is 21.5 Å². The molecular weight excluding hydrogens is 172 g/mol. The number of aromatic nitrogens is 2. The third-order valence-electron chi connectivity index (χ3n) is 1.66. The standard InChI is InChI=1S/C7H14N4S/c8-1-3-10-5-6-11(4-2-9)7(10)12/h5-6H,1-4,8-9H2. The second kappa shape index (κ2) is 4.39. The lowest BCUT2D eigenvalue weighted by molar-refractivity contribution is 0.640. The van der Waals surface area contributed by atoms with Crippen molar-refractivity contribution in [2.24, 2.45) is 11.5 Å². The highest BCUT2D eigenvalue weighted by molar-refractivity contribution is 7.71. The van der Waals surface area contributed by atoms with E-state index in [-0.39, 0.29) is 0 Å². The summed E-state index contributed by atoms with van der Waals surface area (Å²) in [6.45, 7) is 2.77. The normalized spacial score (nSPS) is 10.5. The molecule has 12 heavy (non-hydrogen) atoms. The summed E-state index contributed by atoms with van der Waals surface area (Å²) in [6.07, 6.45) is 3.87. The van der Waals surface area contributed by atoms with E-state index in [1.165, 1.54) is 0 Å². The van der Waals surface area contributed by atoms with Gasteiger partial charge in [0.15, 0.2) is 4.77 Å². The Kier molecular flexibility index (Phi) is 3.46. The topological polar surface area (TPSA) is 61.9 Å². The first-order valence-corrected chi connectivity index (χ1v) is 4.36. The molecule has 1 heterocycles. The number of nitrogens with zero attached hydrogens (tertiary/aromatic N) is 2. The zero-order valence-electron chi connectivity index (χ0n) is 6.94. The van der Waals surface area contributed by atoms with Gasteiger partial charge in [0, 0.05) is 38.6 Å². The maximum absolute atomic E-state index is 5.41. The average molecular weight is 186 g/mol. The van der Waals surface area contributed by atoms with Gasteiger partial charge in [-0.3, -0.25) is 0 Å². The van der Waals surface area contributed by atoms with Crippen molar-refractivity contribution in [3.05, 3.63) is 17.2 Å². The first-order valence-electron chi connectivity index (χ1n) is 3.95. The number of hydrogen-bond donors (Lipinski definition) is 2. The Morgan fingerprint density at radius 1 is 1.08 bits per heavy atom. The van der Waals surface area contributed by atoms with E-state index < -0.39 is 0 Å². The van der Waals surface area contributed by atoms with Gasteiger partial charge in [0.1, 0.15) is 0 Å². The molecule has 0 aliphatic carbocycles. The first-order chi connectivity index (χ1) is 5.79. The molecular formula is C7H14N4S. The molecule has 0 unspecified atom stereocenters. The van der Waals surface area contributed by atoms with Gasteiger partial charge in [0.25, 0.3) is 0 Å². The summed E-state index contributed by atoms with van der Waals surface area (Å²) >= 11 is 5.17. The van der Waals surface area contributed by atoms with Crippen LogP contribution in [0.3, 0.4) is 0 Å². The van der Waals surface area contributed by atoms with Crippen LogP contribution >= 0.6 is 12.2 Å². The van der Waals surface area contributed by atoms with Gasteiger partial charge in [-0.15, -0.1) is 0 Å². The molecule has 68 valence electrons. The van der Waals surface area contributed by atoms with Crippen LogP contribution in [0.5, 0.6) is 0 Å². The Bertz CT molecular complexity index is 261. The van der Waals surface area contributed by atoms with Crippen molar-refractivity contribution in [2.75, 3.05) is 13.1 Å². The summed E-state index contributed by atoms with van der Waals surface area (Å²) in [7, 11) is 0. The molecule has 1 aromatic rings. The molecule has 0 saturated carbocycles. The van der Waals surface area contributed by atoms with Crippen molar-refractivity contribution in [3.8, 4) is 0 Å². The molecule has 1 rings (SSSR count). The predicted octanol–water partition coefficient (Wildman–Crippen LogP) is -0.0635. The highest BCUT2D eigenvalue weighted by atomic mass is 32.1. The Hall–Kier alpha value is -0.650. The minimum Gasteiger partial charge on any atom is -0.329 e.